The van der Waals surface area contributed by atoms with Gasteiger partial charge in [-0.2, -0.15) is 5.10 Å². The lowest BCUT2D eigenvalue weighted by Crippen LogP contribution is -2.44. The third-order valence-corrected chi connectivity index (χ3v) is 3.63. The van der Waals surface area contributed by atoms with Gasteiger partial charge in [0.1, 0.15) is 18.0 Å². The summed E-state index contributed by atoms with van der Waals surface area (Å²) in [5.41, 5.74) is 3.81. The maximum absolute atomic E-state index is 12.1. The van der Waals surface area contributed by atoms with Crippen LogP contribution in [0, 0.1) is 0 Å². The van der Waals surface area contributed by atoms with Gasteiger partial charge in [0.05, 0.1) is 19.0 Å². The standard InChI is InChI=1S/C18H17N3O4/c1-24-14-8-6-13(7-9-14)10-19-20-17(22)11-21-15-4-2-3-5-16(15)25-12-18(21)23/h2-10H,11-12H2,1H3,(H,20,22)/b19-10+. The van der Waals surface area contributed by atoms with Gasteiger partial charge in [0.15, 0.2) is 6.61 Å². The third-order valence-electron chi connectivity index (χ3n) is 3.63. The van der Waals surface area contributed by atoms with Gasteiger partial charge in [-0.3, -0.25) is 14.5 Å². The fraction of sp³-hybridized carbons (Fsp3) is 0.167. The number of nitrogens with one attached hydrogen (secondary N) is 1. The third kappa shape index (κ3) is 3.95. The number of nitrogens with zero attached hydrogens (tertiary/aromatic N) is 2. The number of methoxy groups -OCH3 is 1. The Bertz CT molecular complexity index is 802. The number of hydrogen-bond acceptors (Lipinski definition) is 5. The Morgan fingerprint density at radius 1 is 1.28 bits per heavy atom. The molecule has 0 unspecified atom stereocenters. The van der Waals surface area contributed by atoms with Crippen LogP contribution in [0.1, 0.15) is 5.56 Å². The number of para-hydroxylation sites is 2. The van der Waals surface area contributed by atoms with Gasteiger partial charge in [0.25, 0.3) is 11.8 Å². The van der Waals surface area contributed by atoms with E-state index in [1.54, 1.807) is 37.4 Å². The maximum atomic E-state index is 12.1. The van der Waals surface area contributed by atoms with Crippen molar-refractivity contribution in [2.75, 3.05) is 25.2 Å². The normalized spacial score (nSPS) is 13.3. The molecule has 1 aliphatic heterocycles. The average Bonchev–Trinajstić information content (AvgIpc) is 2.65. The van der Waals surface area contributed by atoms with E-state index < -0.39 is 5.91 Å². The lowest BCUT2D eigenvalue weighted by atomic mass is 10.2. The Balaban J connectivity index is 1.60. The van der Waals surface area contributed by atoms with E-state index in [4.69, 9.17) is 9.47 Å². The van der Waals surface area contributed by atoms with Gasteiger partial charge >= 0.3 is 0 Å². The zero-order valence-corrected chi connectivity index (χ0v) is 13.6. The summed E-state index contributed by atoms with van der Waals surface area (Å²) in [6.07, 6.45) is 1.52. The molecule has 0 fully saturated rings. The first-order valence-electron chi connectivity index (χ1n) is 7.65. The SMILES string of the molecule is COc1ccc(/C=N/NC(=O)CN2C(=O)COc3ccccc32)cc1. The number of carbonyl (C=O) groups is 2. The molecule has 7 heteroatoms. The molecule has 0 aromatic heterocycles. The Labute approximate surface area is 144 Å². The molecule has 1 N–H and O–H groups in total. The van der Waals surface area contributed by atoms with Crippen LogP contribution < -0.4 is 19.8 Å². The number of ether oxygens (including phenoxy) is 2. The molecule has 7 nitrogen and oxygen atoms in total. The van der Waals surface area contributed by atoms with Crippen LogP contribution in [0.3, 0.4) is 0 Å². The topological polar surface area (TPSA) is 80.2 Å². The van der Waals surface area contributed by atoms with Crippen LogP contribution in [0.25, 0.3) is 0 Å². The van der Waals surface area contributed by atoms with Gasteiger partial charge in [0, 0.05) is 0 Å². The number of hydrazone groups is 1. The van der Waals surface area contributed by atoms with E-state index in [1.165, 1.54) is 11.1 Å². The summed E-state index contributed by atoms with van der Waals surface area (Å²) >= 11 is 0. The Kier molecular flexibility index (Phi) is 4.94. The first kappa shape index (κ1) is 16.5. The fourth-order valence-corrected chi connectivity index (χ4v) is 2.38. The van der Waals surface area contributed by atoms with Crippen molar-refractivity contribution >= 4 is 23.7 Å². The van der Waals surface area contributed by atoms with Crippen molar-refractivity contribution < 1.29 is 19.1 Å². The van der Waals surface area contributed by atoms with E-state index in [9.17, 15) is 9.59 Å². The second-order valence-electron chi connectivity index (χ2n) is 5.30. The minimum absolute atomic E-state index is 0.0839. The molecule has 0 aliphatic carbocycles. The van der Waals surface area contributed by atoms with E-state index in [2.05, 4.69) is 10.5 Å². The predicted octanol–water partition coefficient (Wildman–Crippen LogP) is 1.57. The van der Waals surface area contributed by atoms with Crippen molar-refractivity contribution in [1.29, 1.82) is 0 Å². The molecule has 3 rings (SSSR count). The highest BCUT2D eigenvalue weighted by Crippen LogP contribution is 2.31. The number of hydrogen-bond donors (Lipinski definition) is 1. The molecular weight excluding hydrogens is 322 g/mol. The van der Waals surface area contributed by atoms with Gasteiger partial charge in [-0.15, -0.1) is 0 Å². The van der Waals surface area contributed by atoms with Crippen molar-refractivity contribution in [3.63, 3.8) is 0 Å². The summed E-state index contributed by atoms with van der Waals surface area (Å²) in [5, 5.41) is 3.91. The summed E-state index contributed by atoms with van der Waals surface area (Å²) in [6.45, 7) is -0.210. The van der Waals surface area contributed by atoms with Crippen LogP contribution in [0.2, 0.25) is 0 Å². The molecule has 0 bridgehead atoms. The lowest BCUT2D eigenvalue weighted by molar-refractivity contribution is -0.125. The summed E-state index contributed by atoms with van der Waals surface area (Å²) in [5.74, 6) is 0.658. The minimum atomic E-state index is -0.394. The van der Waals surface area contributed by atoms with Crippen LogP contribution in [-0.4, -0.2) is 38.3 Å². The number of carbonyl (C=O) groups excluding carboxylic acids is 2. The van der Waals surface area contributed by atoms with Crippen molar-refractivity contribution in [1.82, 2.24) is 5.43 Å². The monoisotopic (exact) mass is 339 g/mol. The highest BCUT2D eigenvalue weighted by atomic mass is 16.5. The number of anilines is 1. The number of amides is 2. The molecule has 1 heterocycles. The second kappa shape index (κ2) is 7.48. The largest absolute Gasteiger partial charge is 0.497 e. The van der Waals surface area contributed by atoms with Crippen LogP contribution in [0.4, 0.5) is 5.69 Å². The van der Waals surface area contributed by atoms with E-state index in [0.717, 1.165) is 11.3 Å². The van der Waals surface area contributed by atoms with Crippen LogP contribution in [-0.2, 0) is 9.59 Å². The van der Waals surface area contributed by atoms with Crippen LogP contribution in [0.5, 0.6) is 11.5 Å². The summed E-state index contributed by atoms with van der Waals surface area (Å²) < 4.78 is 10.4. The highest BCUT2D eigenvalue weighted by molar-refractivity contribution is 6.02. The molecule has 2 amide bonds. The lowest BCUT2D eigenvalue weighted by Gasteiger charge is -2.28. The first-order valence-corrected chi connectivity index (χ1v) is 7.65. The van der Waals surface area contributed by atoms with Gasteiger partial charge in [0.2, 0.25) is 0 Å². The quantitative estimate of drug-likeness (QED) is 0.662. The maximum Gasteiger partial charge on any atom is 0.265 e. The van der Waals surface area contributed by atoms with Crippen LogP contribution in [0.15, 0.2) is 53.6 Å². The molecule has 0 radical (unpaired) electrons. The number of rotatable bonds is 5. The van der Waals surface area contributed by atoms with Crippen molar-refractivity contribution in [3.05, 3.63) is 54.1 Å². The minimum Gasteiger partial charge on any atom is -0.497 e. The van der Waals surface area contributed by atoms with Gasteiger partial charge < -0.3 is 9.47 Å². The number of fused-ring (bicyclic) bond motifs is 1. The molecule has 0 spiro atoms. The van der Waals surface area contributed by atoms with Gasteiger partial charge in [-0.05, 0) is 42.0 Å². The van der Waals surface area contributed by atoms with E-state index >= 15 is 0 Å². The van der Waals surface area contributed by atoms with E-state index in [-0.39, 0.29) is 19.1 Å². The smallest absolute Gasteiger partial charge is 0.265 e. The van der Waals surface area contributed by atoms with Crippen molar-refractivity contribution in [2.24, 2.45) is 5.10 Å². The molecule has 128 valence electrons. The van der Waals surface area contributed by atoms with Gasteiger partial charge in [-0.25, -0.2) is 5.43 Å². The Hall–Kier alpha value is -3.35. The number of benzene rings is 2. The molecule has 2 aromatic carbocycles. The van der Waals surface area contributed by atoms with Gasteiger partial charge in [-0.1, -0.05) is 12.1 Å². The summed E-state index contributed by atoms with van der Waals surface area (Å²) in [4.78, 5) is 25.5. The van der Waals surface area contributed by atoms with Crippen LogP contribution >= 0.6 is 0 Å². The molecule has 25 heavy (non-hydrogen) atoms. The van der Waals surface area contributed by atoms with Crippen molar-refractivity contribution in [3.8, 4) is 11.5 Å². The molecule has 0 saturated heterocycles. The molecule has 2 aromatic rings. The molecule has 1 aliphatic rings. The Morgan fingerprint density at radius 2 is 2.04 bits per heavy atom. The zero-order valence-electron chi connectivity index (χ0n) is 13.6. The molecule has 0 atom stereocenters. The Morgan fingerprint density at radius 3 is 2.80 bits per heavy atom. The summed E-state index contributed by atoms with van der Waals surface area (Å²) in [6, 6.07) is 14.3. The first-order chi connectivity index (χ1) is 12.2. The van der Waals surface area contributed by atoms with E-state index in [1.807, 2.05) is 18.2 Å². The fourth-order valence-electron chi connectivity index (χ4n) is 2.38. The second-order valence-corrected chi connectivity index (χ2v) is 5.30. The molecular formula is C18H17N3O4. The predicted molar refractivity (Wildman–Crippen MR) is 93.0 cm³/mol. The summed E-state index contributed by atoms with van der Waals surface area (Å²) in [7, 11) is 1.59. The average molecular weight is 339 g/mol. The highest BCUT2D eigenvalue weighted by Gasteiger charge is 2.26. The molecule has 0 saturated carbocycles. The van der Waals surface area contributed by atoms with Crippen molar-refractivity contribution in [2.45, 2.75) is 0 Å². The zero-order chi connectivity index (χ0) is 17.6. The van der Waals surface area contributed by atoms with E-state index in [0.29, 0.717) is 11.4 Å².